The molecule has 1 unspecified atom stereocenters. The van der Waals surface area contributed by atoms with Gasteiger partial charge in [-0.1, -0.05) is 18.2 Å². The lowest BCUT2D eigenvalue weighted by atomic mass is 10.0. The smallest absolute Gasteiger partial charge is 0.123 e. The fourth-order valence-electron chi connectivity index (χ4n) is 1.91. The van der Waals surface area contributed by atoms with Gasteiger partial charge in [0, 0.05) is 11.6 Å². The van der Waals surface area contributed by atoms with E-state index in [-0.39, 0.29) is 0 Å². The first-order chi connectivity index (χ1) is 7.70. The van der Waals surface area contributed by atoms with Crippen LogP contribution in [0.15, 0.2) is 24.3 Å². The average molecular weight is 222 g/mol. The summed E-state index contributed by atoms with van der Waals surface area (Å²) in [6.45, 7) is 1.00. The average Bonchev–Trinajstić information content (AvgIpc) is 2.29. The first-order valence-corrected chi connectivity index (χ1v) is 5.64. The van der Waals surface area contributed by atoms with E-state index >= 15 is 0 Å². The van der Waals surface area contributed by atoms with Crippen LogP contribution in [-0.4, -0.2) is 39.7 Å². The minimum atomic E-state index is 0.392. The monoisotopic (exact) mass is 222 g/mol. The first-order valence-electron chi connectivity index (χ1n) is 5.64. The molecule has 3 nitrogen and oxygen atoms in total. The van der Waals surface area contributed by atoms with E-state index in [2.05, 4.69) is 36.4 Å². The minimum absolute atomic E-state index is 0.392. The number of hydrogen-bond acceptors (Lipinski definition) is 3. The van der Waals surface area contributed by atoms with E-state index in [1.807, 2.05) is 19.2 Å². The Balaban J connectivity index is 2.91. The SMILES string of the molecule is CNCCC(c1ccccc1OC)N(C)C. The van der Waals surface area contributed by atoms with Gasteiger partial charge in [0.25, 0.3) is 0 Å². The molecule has 0 radical (unpaired) electrons. The molecule has 0 aliphatic rings. The lowest BCUT2D eigenvalue weighted by molar-refractivity contribution is 0.274. The Morgan fingerprint density at radius 2 is 2.00 bits per heavy atom. The highest BCUT2D eigenvalue weighted by atomic mass is 16.5. The van der Waals surface area contributed by atoms with Gasteiger partial charge in [-0.15, -0.1) is 0 Å². The van der Waals surface area contributed by atoms with Crippen molar-refractivity contribution in [2.75, 3.05) is 34.8 Å². The molecule has 1 atom stereocenters. The fraction of sp³-hybridized carbons (Fsp3) is 0.538. The summed E-state index contributed by atoms with van der Waals surface area (Å²) in [6.07, 6.45) is 1.07. The lowest BCUT2D eigenvalue weighted by Crippen LogP contribution is -2.24. The van der Waals surface area contributed by atoms with Gasteiger partial charge in [-0.2, -0.15) is 0 Å². The first kappa shape index (κ1) is 13.0. The number of nitrogens with zero attached hydrogens (tertiary/aromatic N) is 1. The predicted molar refractivity (Wildman–Crippen MR) is 68.0 cm³/mol. The van der Waals surface area contributed by atoms with Gasteiger partial charge >= 0.3 is 0 Å². The molecule has 0 saturated heterocycles. The number of rotatable bonds is 6. The summed E-state index contributed by atoms with van der Waals surface area (Å²) in [7, 11) is 7.91. The van der Waals surface area contributed by atoms with E-state index in [9.17, 15) is 0 Å². The molecule has 0 fully saturated rings. The van der Waals surface area contributed by atoms with Gasteiger partial charge in [0.1, 0.15) is 5.75 Å². The number of benzene rings is 1. The summed E-state index contributed by atoms with van der Waals surface area (Å²) in [6, 6.07) is 8.62. The zero-order valence-corrected chi connectivity index (χ0v) is 10.7. The molecule has 0 aromatic heterocycles. The van der Waals surface area contributed by atoms with Crippen molar-refractivity contribution in [1.82, 2.24) is 10.2 Å². The molecule has 0 aliphatic carbocycles. The molecule has 3 heteroatoms. The summed E-state index contributed by atoms with van der Waals surface area (Å²) in [5.41, 5.74) is 1.25. The molecular formula is C13H22N2O. The maximum absolute atomic E-state index is 5.41. The van der Waals surface area contributed by atoms with E-state index in [4.69, 9.17) is 4.74 Å². The third kappa shape index (κ3) is 3.22. The van der Waals surface area contributed by atoms with E-state index in [1.54, 1.807) is 7.11 Å². The highest BCUT2D eigenvalue weighted by molar-refractivity contribution is 5.35. The van der Waals surface area contributed by atoms with Crippen molar-refractivity contribution in [3.63, 3.8) is 0 Å². The van der Waals surface area contributed by atoms with Crippen molar-refractivity contribution in [3.8, 4) is 5.75 Å². The Kier molecular flexibility index (Phi) is 5.29. The van der Waals surface area contributed by atoms with E-state index in [0.29, 0.717) is 6.04 Å². The van der Waals surface area contributed by atoms with Crippen molar-refractivity contribution in [2.24, 2.45) is 0 Å². The molecule has 0 aliphatic heterocycles. The van der Waals surface area contributed by atoms with Crippen molar-refractivity contribution < 1.29 is 4.74 Å². The van der Waals surface area contributed by atoms with Crippen LogP contribution in [0.3, 0.4) is 0 Å². The van der Waals surface area contributed by atoms with Crippen LogP contribution in [0.4, 0.5) is 0 Å². The van der Waals surface area contributed by atoms with Crippen molar-refractivity contribution in [2.45, 2.75) is 12.5 Å². The van der Waals surface area contributed by atoms with Gasteiger partial charge in [0.15, 0.2) is 0 Å². The van der Waals surface area contributed by atoms with Crippen LogP contribution in [-0.2, 0) is 0 Å². The molecule has 0 spiro atoms. The maximum Gasteiger partial charge on any atom is 0.123 e. The Hall–Kier alpha value is -1.06. The molecule has 0 saturated carbocycles. The normalized spacial score (nSPS) is 12.8. The van der Waals surface area contributed by atoms with Gasteiger partial charge in [-0.3, -0.25) is 0 Å². The maximum atomic E-state index is 5.41. The van der Waals surface area contributed by atoms with Gasteiger partial charge in [-0.05, 0) is 40.2 Å². The summed E-state index contributed by atoms with van der Waals surface area (Å²) in [5.74, 6) is 0.970. The van der Waals surface area contributed by atoms with Crippen LogP contribution in [0.25, 0.3) is 0 Å². The van der Waals surface area contributed by atoms with Crippen LogP contribution in [0, 0.1) is 0 Å². The molecule has 1 aromatic rings. The standard InChI is InChI=1S/C13H22N2O/c1-14-10-9-12(15(2)3)11-7-5-6-8-13(11)16-4/h5-8,12,14H,9-10H2,1-4H3. The van der Waals surface area contributed by atoms with Crippen molar-refractivity contribution in [3.05, 3.63) is 29.8 Å². The second-order valence-electron chi connectivity index (χ2n) is 4.11. The molecule has 90 valence electrons. The molecule has 1 aromatic carbocycles. The molecule has 0 heterocycles. The van der Waals surface area contributed by atoms with Crippen molar-refractivity contribution >= 4 is 0 Å². The second-order valence-corrected chi connectivity index (χ2v) is 4.11. The topological polar surface area (TPSA) is 24.5 Å². The third-order valence-corrected chi connectivity index (χ3v) is 2.79. The summed E-state index contributed by atoms with van der Waals surface area (Å²) < 4.78 is 5.41. The number of para-hydroxylation sites is 1. The fourth-order valence-corrected chi connectivity index (χ4v) is 1.91. The van der Waals surface area contributed by atoms with E-state index < -0.39 is 0 Å². The van der Waals surface area contributed by atoms with Crippen LogP contribution >= 0.6 is 0 Å². The zero-order chi connectivity index (χ0) is 12.0. The number of hydrogen-bond donors (Lipinski definition) is 1. The summed E-state index contributed by atoms with van der Waals surface area (Å²) >= 11 is 0. The van der Waals surface area contributed by atoms with Crippen LogP contribution in [0.2, 0.25) is 0 Å². The molecule has 16 heavy (non-hydrogen) atoms. The van der Waals surface area contributed by atoms with Gasteiger partial charge in [0.05, 0.1) is 7.11 Å². The van der Waals surface area contributed by atoms with Crippen molar-refractivity contribution in [1.29, 1.82) is 0 Å². The molecule has 1 N–H and O–H groups in total. The molecule has 0 amide bonds. The Bertz CT molecular complexity index is 313. The molecule has 0 bridgehead atoms. The highest BCUT2D eigenvalue weighted by Gasteiger charge is 2.17. The highest BCUT2D eigenvalue weighted by Crippen LogP contribution is 2.29. The second kappa shape index (κ2) is 6.51. The van der Waals surface area contributed by atoms with Gasteiger partial charge in [0.2, 0.25) is 0 Å². The number of nitrogens with one attached hydrogen (secondary N) is 1. The van der Waals surface area contributed by atoms with E-state index in [0.717, 1.165) is 18.7 Å². The summed E-state index contributed by atoms with van der Waals surface area (Å²) in [5, 5.41) is 3.19. The Morgan fingerprint density at radius 3 is 2.56 bits per heavy atom. The van der Waals surface area contributed by atoms with Gasteiger partial charge in [-0.25, -0.2) is 0 Å². The predicted octanol–water partition coefficient (Wildman–Crippen LogP) is 1.91. The lowest BCUT2D eigenvalue weighted by Gasteiger charge is -2.26. The largest absolute Gasteiger partial charge is 0.496 e. The van der Waals surface area contributed by atoms with Crippen LogP contribution < -0.4 is 10.1 Å². The Morgan fingerprint density at radius 1 is 1.31 bits per heavy atom. The summed E-state index contributed by atoms with van der Waals surface area (Å²) in [4.78, 5) is 2.23. The van der Waals surface area contributed by atoms with Crippen LogP contribution in [0.1, 0.15) is 18.0 Å². The quantitative estimate of drug-likeness (QED) is 0.795. The van der Waals surface area contributed by atoms with Crippen LogP contribution in [0.5, 0.6) is 5.75 Å². The van der Waals surface area contributed by atoms with Gasteiger partial charge < -0.3 is 15.0 Å². The molecule has 1 rings (SSSR count). The minimum Gasteiger partial charge on any atom is -0.496 e. The number of ether oxygens (including phenoxy) is 1. The number of methoxy groups -OCH3 is 1. The zero-order valence-electron chi connectivity index (χ0n) is 10.7. The van der Waals surface area contributed by atoms with E-state index in [1.165, 1.54) is 5.56 Å². The Labute approximate surface area is 98.4 Å². The third-order valence-electron chi connectivity index (χ3n) is 2.79. The molecular weight excluding hydrogens is 200 g/mol.